The minimum absolute atomic E-state index is 0.00565. The number of anilines is 1. The van der Waals surface area contributed by atoms with E-state index < -0.39 is 40.8 Å². The summed E-state index contributed by atoms with van der Waals surface area (Å²) in [4.78, 5) is 49.2. The molecule has 31 heavy (non-hydrogen) atoms. The molecular formula is C21H23ClN2O6S. The molecule has 0 saturated carbocycles. The molecule has 1 heterocycles. The maximum absolute atomic E-state index is 12.8. The van der Waals surface area contributed by atoms with E-state index in [9.17, 15) is 19.2 Å². The maximum Gasteiger partial charge on any atom is 0.340 e. The maximum atomic E-state index is 12.8. The minimum Gasteiger partial charge on any atom is -0.461 e. The summed E-state index contributed by atoms with van der Waals surface area (Å²) in [6, 6.07) is 3.84. The number of para-hydroxylation sites is 1. The Bertz CT molecular complexity index is 891. The summed E-state index contributed by atoms with van der Waals surface area (Å²) in [5.74, 6) is -3.45. The third-order valence-corrected chi connectivity index (χ3v) is 5.22. The number of benzene rings is 1. The number of ether oxygens (including phenoxy) is 2. The van der Waals surface area contributed by atoms with E-state index in [2.05, 4.69) is 36.4 Å². The van der Waals surface area contributed by atoms with Crippen LogP contribution in [0, 0.1) is 11.8 Å². The number of carbonyl (C=O) groups is 4. The molecule has 1 aliphatic heterocycles. The van der Waals surface area contributed by atoms with E-state index >= 15 is 0 Å². The quantitative estimate of drug-likeness (QED) is 0.210. The summed E-state index contributed by atoms with van der Waals surface area (Å²) in [5, 5.41) is 5.13. The van der Waals surface area contributed by atoms with Crippen LogP contribution < -0.4 is 10.6 Å². The van der Waals surface area contributed by atoms with Gasteiger partial charge in [0.1, 0.15) is 19.1 Å². The Labute approximate surface area is 190 Å². The van der Waals surface area contributed by atoms with Gasteiger partial charge in [0.15, 0.2) is 5.12 Å². The molecule has 10 heteroatoms. The molecule has 1 fully saturated rings. The average molecular weight is 467 g/mol. The third kappa shape index (κ3) is 6.43. The van der Waals surface area contributed by atoms with Crippen LogP contribution in [0.15, 0.2) is 43.5 Å². The van der Waals surface area contributed by atoms with Crippen molar-refractivity contribution in [3.05, 3.63) is 54.1 Å². The molecule has 0 bridgehead atoms. The second-order valence-corrected chi connectivity index (χ2v) is 7.58. The summed E-state index contributed by atoms with van der Waals surface area (Å²) in [5.41, 5.74) is 0.203. The molecule has 2 N–H and O–H groups in total. The number of rotatable bonds is 10. The van der Waals surface area contributed by atoms with Crippen LogP contribution in [0.2, 0.25) is 5.02 Å². The SMILES string of the molecule is C=CCOC(=O)c1cccc(Cl)c1NC(=O)C1C[C@@H]([C@H](C(=O)S)C(=O)OCC=C)CN1. The number of nitrogens with one attached hydrogen (secondary N) is 2. The van der Waals surface area contributed by atoms with Crippen molar-refractivity contribution < 1.29 is 28.7 Å². The first-order chi connectivity index (χ1) is 14.8. The van der Waals surface area contributed by atoms with Crippen LogP contribution in [-0.4, -0.2) is 48.8 Å². The van der Waals surface area contributed by atoms with Gasteiger partial charge in [0.25, 0.3) is 0 Å². The average Bonchev–Trinajstić information content (AvgIpc) is 3.21. The molecule has 1 aliphatic rings. The highest BCUT2D eigenvalue weighted by molar-refractivity contribution is 7.96. The van der Waals surface area contributed by atoms with Crippen LogP contribution in [0.5, 0.6) is 0 Å². The van der Waals surface area contributed by atoms with Crippen molar-refractivity contribution in [1.29, 1.82) is 0 Å². The number of amides is 1. The lowest BCUT2D eigenvalue weighted by Gasteiger charge is -2.18. The molecule has 1 saturated heterocycles. The molecule has 0 spiro atoms. The second-order valence-electron chi connectivity index (χ2n) is 6.73. The molecule has 1 unspecified atom stereocenters. The lowest BCUT2D eigenvalue weighted by atomic mass is 9.90. The van der Waals surface area contributed by atoms with Crippen molar-refractivity contribution in [2.75, 3.05) is 25.1 Å². The van der Waals surface area contributed by atoms with E-state index in [0.717, 1.165) is 0 Å². The van der Waals surface area contributed by atoms with E-state index in [0.29, 0.717) is 0 Å². The molecule has 1 aromatic carbocycles. The fraction of sp³-hybridized carbons (Fsp3) is 0.333. The monoisotopic (exact) mass is 466 g/mol. The zero-order chi connectivity index (χ0) is 23.0. The molecular weight excluding hydrogens is 444 g/mol. The molecule has 3 atom stereocenters. The van der Waals surface area contributed by atoms with Crippen molar-refractivity contribution in [3.63, 3.8) is 0 Å². The fourth-order valence-corrected chi connectivity index (χ4v) is 3.72. The van der Waals surface area contributed by atoms with Gasteiger partial charge in [0.05, 0.1) is 22.3 Å². The Morgan fingerprint density at radius 1 is 1.23 bits per heavy atom. The van der Waals surface area contributed by atoms with Gasteiger partial charge >= 0.3 is 11.9 Å². The van der Waals surface area contributed by atoms with Gasteiger partial charge in [-0.2, -0.15) is 0 Å². The Kier molecular flexibility index (Phi) is 9.29. The Balaban J connectivity index is 2.11. The lowest BCUT2D eigenvalue weighted by molar-refractivity contribution is -0.151. The van der Waals surface area contributed by atoms with Gasteiger partial charge in [0.2, 0.25) is 5.91 Å². The first kappa shape index (κ1) is 24.6. The Morgan fingerprint density at radius 2 is 1.90 bits per heavy atom. The standard InChI is InChI=1S/C21H23ClN2O6S/c1-3-8-29-19(26)13-6-5-7-14(22)17(13)24-18(25)15-10-12(11-23-15)16(21(28)31)20(27)30-9-4-2/h3-7,12,15-16,23H,1-2,8-11H2,(H,24,25)(H,28,31)/t12-,15?,16+/m1/s1. The number of halogens is 1. The smallest absolute Gasteiger partial charge is 0.340 e. The van der Waals surface area contributed by atoms with Gasteiger partial charge in [-0.3, -0.25) is 14.4 Å². The largest absolute Gasteiger partial charge is 0.461 e. The van der Waals surface area contributed by atoms with E-state index in [4.69, 9.17) is 21.1 Å². The normalized spacial score (nSPS) is 18.5. The van der Waals surface area contributed by atoms with Gasteiger partial charge in [-0.25, -0.2) is 4.79 Å². The summed E-state index contributed by atoms with van der Waals surface area (Å²) in [6.07, 6.45) is 3.00. The molecule has 166 valence electrons. The predicted molar refractivity (Wildman–Crippen MR) is 119 cm³/mol. The second kappa shape index (κ2) is 11.7. The van der Waals surface area contributed by atoms with Crippen molar-refractivity contribution in [2.24, 2.45) is 11.8 Å². The van der Waals surface area contributed by atoms with E-state index in [1.807, 2.05) is 0 Å². The van der Waals surface area contributed by atoms with Gasteiger partial charge < -0.3 is 20.1 Å². The predicted octanol–water partition coefficient (Wildman–Crippen LogP) is 2.40. The van der Waals surface area contributed by atoms with Crippen LogP contribution in [0.1, 0.15) is 16.8 Å². The van der Waals surface area contributed by atoms with Gasteiger partial charge in [0, 0.05) is 6.54 Å². The molecule has 0 radical (unpaired) electrons. The van der Waals surface area contributed by atoms with E-state index in [-0.39, 0.29) is 42.5 Å². The third-order valence-electron chi connectivity index (χ3n) is 4.63. The molecule has 0 aromatic heterocycles. The van der Waals surface area contributed by atoms with Crippen molar-refractivity contribution in [3.8, 4) is 0 Å². The number of carbonyl (C=O) groups excluding carboxylic acids is 4. The first-order valence-electron chi connectivity index (χ1n) is 9.41. The topological polar surface area (TPSA) is 111 Å². The van der Waals surface area contributed by atoms with Crippen molar-refractivity contribution in [1.82, 2.24) is 5.32 Å². The summed E-state index contributed by atoms with van der Waals surface area (Å²) < 4.78 is 10.0. The van der Waals surface area contributed by atoms with Crippen LogP contribution in [0.3, 0.4) is 0 Å². The number of esters is 2. The number of hydrogen-bond acceptors (Lipinski definition) is 7. The highest BCUT2D eigenvalue weighted by atomic mass is 35.5. The lowest BCUT2D eigenvalue weighted by Crippen LogP contribution is -2.36. The number of hydrogen-bond donors (Lipinski definition) is 3. The van der Waals surface area contributed by atoms with Gasteiger partial charge in [-0.15, -0.1) is 12.6 Å². The fourth-order valence-electron chi connectivity index (χ4n) is 3.19. The summed E-state index contributed by atoms with van der Waals surface area (Å²) in [7, 11) is 0. The van der Waals surface area contributed by atoms with Crippen molar-refractivity contribution >= 4 is 52.9 Å². The first-order valence-corrected chi connectivity index (χ1v) is 10.2. The molecule has 1 amide bonds. The zero-order valence-electron chi connectivity index (χ0n) is 16.6. The summed E-state index contributed by atoms with van der Waals surface area (Å²) in [6.45, 7) is 7.14. The molecule has 2 rings (SSSR count). The van der Waals surface area contributed by atoms with Crippen molar-refractivity contribution in [2.45, 2.75) is 12.5 Å². The highest BCUT2D eigenvalue weighted by Crippen LogP contribution is 2.30. The van der Waals surface area contributed by atoms with Gasteiger partial charge in [-0.1, -0.05) is 43.0 Å². The Hall–Kier alpha value is -2.62. The highest BCUT2D eigenvalue weighted by Gasteiger charge is 2.41. The van der Waals surface area contributed by atoms with Crippen LogP contribution in [0.4, 0.5) is 5.69 Å². The van der Waals surface area contributed by atoms with Crippen LogP contribution in [0.25, 0.3) is 0 Å². The summed E-state index contributed by atoms with van der Waals surface area (Å²) >= 11 is 9.98. The number of thiol groups is 1. The zero-order valence-corrected chi connectivity index (χ0v) is 18.3. The van der Waals surface area contributed by atoms with Crippen LogP contribution >= 0.6 is 24.2 Å². The van der Waals surface area contributed by atoms with E-state index in [1.54, 1.807) is 6.07 Å². The van der Waals surface area contributed by atoms with Crippen LogP contribution in [-0.2, 0) is 23.9 Å². The minimum atomic E-state index is -1.11. The Morgan fingerprint density at radius 3 is 2.55 bits per heavy atom. The van der Waals surface area contributed by atoms with Gasteiger partial charge in [-0.05, 0) is 24.5 Å². The molecule has 8 nitrogen and oxygen atoms in total. The van der Waals surface area contributed by atoms with E-state index in [1.165, 1.54) is 24.3 Å². The molecule has 0 aliphatic carbocycles. The molecule has 1 aromatic rings.